The van der Waals surface area contributed by atoms with E-state index in [2.05, 4.69) is 66.4 Å². The van der Waals surface area contributed by atoms with Crippen LogP contribution in [-0.4, -0.2) is 26.3 Å². The molecule has 1 fully saturated rings. The molecular weight excluding hydrogens is 384 g/mol. The zero-order valence-corrected chi connectivity index (χ0v) is 17.8. The van der Waals surface area contributed by atoms with E-state index in [0.29, 0.717) is 0 Å². The lowest BCUT2D eigenvalue weighted by atomic mass is 10.1. The largest absolute Gasteiger partial charge is 0.456 e. The summed E-state index contributed by atoms with van der Waals surface area (Å²) in [4.78, 5) is 7.37. The van der Waals surface area contributed by atoms with E-state index in [1.807, 2.05) is 24.3 Å². The minimum atomic E-state index is 0.785. The van der Waals surface area contributed by atoms with Crippen molar-refractivity contribution in [3.63, 3.8) is 0 Å². The quantitative estimate of drug-likeness (QED) is 0.431. The Kier molecular flexibility index (Phi) is 5.55. The van der Waals surface area contributed by atoms with Gasteiger partial charge in [-0.3, -0.25) is 0 Å². The van der Waals surface area contributed by atoms with Crippen LogP contribution in [0.4, 0.5) is 11.4 Å². The normalized spacial score (nSPS) is 14.9. The first-order chi connectivity index (χ1) is 15.3. The molecule has 3 aromatic carbocycles. The van der Waals surface area contributed by atoms with Crippen molar-refractivity contribution in [2.75, 3.05) is 31.2 Å². The summed E-state index contributed by atoms with van der Waals surface area (Å²) >= 11 is 0. The number of anilines is 1. The smallest absolute Gasteiger partial charge is 0.136 e. The van der Waals surface area contributed by atoms with E-state index in [0.717, 1.165) is 66.1 Å². The van der Waals surface area contributed by atoms with Gasteiger partial charge in [0.05, 0.1) is 24.3 Å². The molecule has 2 heterocycles. The molecule has 0 spiro atoms. The summed E-state index contributed by atoms with van der Waals surface area (Å²) in [5.74, 6) is 0.820. The van der Waals surface area contributed by atoms with Gasteiger partial charge in [0, 0.05) is 35.8 Å². The zero-order chi connectivity index (χ0) is 21.0. The van der Waals surface area contributed by atoms with Crippen molar-refractivity contribution in [3.05, 3.63) is 89.8 Å². The van der Waals surface area contributed by atoms with Gasteiger partial charge in [0.1, 0.15) is 11.3 Å². The third-order valence-corrected chi connectivity index (χ3v) is 5.75. The molecule has 1 aliphatic heterocycles. The number of nitrogens with zero attached hydrogens (tertiary/aromatic N) is 2. The summed E-state index contributed by atoms with van der Waals surface area (Å²) in [6.07, 6.45) is 0.976. The lowest BCUT2D eigenvalue weighted by molar-refractivity contribution is 0.122. The first-order valence-corrected chi connectivity index (χ1v) is 10.9. The second-order valence-electron chi connectivity index (χ2n) is 7.77. The summed E-state index contributed by atoms with van der Waals surface area (Å²) in [6.45, 7) is 5.60. The molecule has 1 aliphatic rings. The van der Waals surface area contributed by atoms with Gasteiger partial charge in [-0.05, 0) is 48.4 Å². The molecule has 0 radical (unpaired) electrons. The highest BCUT2D eigenvalue weighted by atomic mass is 16.5. The summed E-state index contributed by atoms with van der Waals surface area (Å²) in [5.41, 5.74) is 5.32. The lowest BCUT2D eigenvalue weighted by Crippen LogP contribution is -2.36. The van der Waals surface area contributed by atoms with Gasteiger partial charge in [-0.1, -0.05) is 43.3 Å². The van der Waals surface area contributed by atoms with Crippen molar-refractivity contribution in [3.8, 4) is 11.3 Å². The van der Waals surface area contributed by atoms with E-state index in [-0.39, 0.29) is 0 Å². The van der Waals surface area contributed by atoms with Crippen molar-refractivity contribution in [1.82, 2.24) is 0 Å². The molecule has 156 valence electrons. The van der Waals surface area contributed by atoms with Gasteiger partial charge in [0.15, 0.2) is 0 Å². The number of benzene rings is 3. The van der Waals surface area contributed by atoms with Crippen LogP contribution in [0.5, 0.6) is 0 Å². The highest BCUT2D eigenvalue weighted by Gasteiger charge is 2.11. The average Bonchev–Trinajstić information content (AvgIpc) is 2.85. The SMILES string of the molecule is CCc1ccc2oc(-c3ccccc3)cc(=Nc3ccc(N4CCOCC4)cc3)c2c1. The number of aryl methyl sites for hydroxylation is 1. The third kappa shape index (κ3) is 4.25. The van der Waals surface area contributed by atoms with Gasteiger partial charge >= 0.3 is 0 Å². The first kappa shape index (κ1) is 19.6. The fourth-order valence-corrected chi connectivity index (χ4v) is 3.97. The first-order valence-electron chi connectivity index (χ1n) is 10.9. The Hall–Kier alpha value is -3.37. The fourth-order valence-electron chi connectivity index (χ4n) is 3.97. The molecule has 0 amide bonds. The Morgan fingerprint density at radius 2 is 1.65 bits per heavy atom. The Morgan fingerprint density at radius 3 is 2.39 bits per heavy atom. The predicted molar refractivity (Wildman–Crippen MR) is 126 cm³/mol. The summed E-state index contributed by atoms with van der Waals surface area (Å²) < 4.78 is 11.7. The van der Waals surface area contributed by atoms with E-state index in [1.165, 1.54) is 11.3 Å². The molecule has 31 heavy (non-hydrogen) atoms. The maximum atomic E-state index is 6.25. The number of fused-ring (bicyclic) bond motifs is 1. The van der Waals surface area contributed by atoms with E-state index >= 15 is 0 Å². The van der Waals surface area contributed by atoms with Crippen LogP contribution in [0.15, 0.2) is 88.3 Å². The average molecular weight is 411 g/mol. The Morgan fingerprint density at radius 1 is 0.871 bits per heavy atom. The topological polar surface area (TPSA) is 38.0 Å². The monoisotopic (exact) mass is 410 g/mol. The summed E-state index contributed by atoms with van der Waals surface area (Å²) in [6, 6.07) is 27.1. The van der Waals surface area contributed by atoms with Crippen LogP contribution < -0.4 is 10.3 Å². The van der Waals surface area contributed by atoms with Crippen LogP contribution in [-0.2, 0) is 11.2 Å². The van der Waals surface area contributed by atoms with Gasteiger partial charge in [0.2, 0.25) is 0 Å². The van der Waals surface area contributed by atoms with E-state index in [4.69, 9.17) is 14.1 Å². The molecule has 0 aliphatic carbocycles. The molecule has 0 bridgehead atoms. The second kappa shape index (κ2) is 8.78. The molecule has 4 aromatic rings. The Labute approximate surface area is 182 Å². The molecular formula is C27H26N2O2. The van der Waals surface area contributed by atoms with Crippen LogP contribution in [0.1, 0.15) is 12.5 Å². The van der Waals surface area contributed by atoms with E-state index in [1.54, 1.807) is 0 Å². The Balaban J connectivity index is 1.60. The standard InChI is InChI=1S/C27H26N2O2/c1-2-20-8-13-26-24(18-20)25(19-27(31-26)21-6-4-3-5-7-21)28-22-9-11-23(12-10-22)29-14-16-30-17-15-29/h3-13,18-19H,2,14-17H2,1H3. The van der Waals surface area contributed by atoms with E-state index < -0.39 is 0 Å². The van der Waals surface area contributed by atoms with E-state index in [9.17, 15) is 0 Å². The van der Waals surface area contributed by atoms with Crippen LogP contribution in [0.3, 0.4) is 0 Å². The van der Waals surface area contributed by atoms with Crippen molar-refractivity contribution in [1.29, 1.82) is 0 Å². The van der Waals surface area contributed by atoms with Gasteiger partial charge in [-0.2, -0.15) is 0 Å². The van der Waals surface area contributed by atoms with Gasteiger partial charge in [0.25, 0.3) is 0 Å². The molecule has 4 heteroatoms. The molecule has 4 nitrogen and oxygen atoms in total. The molecule has 1 aromatic heterocycles. The lowest BCUT2D eigenvalue weighted by Gasteiger charge is -2.28. The van der Waals surface area contributed by atoms with Crippen LogP contribution in [0, 0.1) is 0 Å². The maximum Gasteiger partial charge on any atom is 0.136 e. The number of rotatable bonds is 4. The second-order valence-corrected chi connectivity index (χ2v) is 7.77. The molecule has 5 rings (SSSR count). The van der Waals surface area contributed by atoms with Crippen molar-refractivity contribution < 1.29 is 9.15 Å². The highest BCUT2D eigenvalue weighted by molar-refractivity contribution is 5.79. The number of morpholine rings is 1. The molecule has 0 saturated carbocycles. The minimum absolute atomic E-state index is 0.785. The van der Waals surface area contributed by atoms with Crippen molar-refractivity contribution in [2.24, 2.45) is 4.99 Å². The Bertz CT molecular complexity index is 1240. The van der Waals surface area contributed by atoms with Gasteiger partial charge in [-0.15, -0.1) is 0 Å². The summed E-state index contributed by atoms with van der Waals surface area (Å²) in [5, 5.41) is 1.96. The summed E-state index contributed by atoms with van der Waals surface area (Å²) in [7, 11) is 0. The molecule has 1 saturated heterocycles. The molecule has 0 N–H and O–H groups in total. The third-order valence-electron chi connectivity index (χ3n) is 5.75. The zero-order valence-electron chi connectivity index (χ0n) is 17.8. The maximum absolute atomic E-state index is 6.25. The number of ether oxygens (including phenoxy) is 1. The fraction of sp³-hybridized carbons (Fsp3) is 0.222. The molecule has 0 atom stereocenters. The van der Waals surface area contributed by atoms with Crippen LogP contribution in [0.2, 0.25) is 0 Å². The van der Waals surface area contributed by atoms with Crippen LogP contribution in [0.25, 0.3) is 22.3 Å². The van der Waals surface area contributed by atoms with Gasteiger partial charge in [-0.25, -0.2) is 4.99 Å². The predicted octanol–water partition coefficient (Wildman–Crippen LogP) is 5.73. The number of hydrogen-bond donors (Lipinski definition) is 0. The van der Waals surface area contributed by atoms with Crippen LogP contribution >= 0.6 is 0 Å². The van der Waals surface area contributed by atoms with Crippen molar-refractivity contribution >= 4 is 22.3 Å². The minimum Gasteiger partial charge on any atom is -0.456 e. The number of hydrogen-bond acceptors (Lipinski definition) is 4. The molecule has 0 unspecified atom stereocenters. The van der Waals surface area contributed by atoms with Crippen molar-refractivity contribution in [2.45, 2.75) is 13.3 Å². The highest BCUT2D eigenvalue weighted by Crippen LogP contribution is 2.24. The van der Waals surface area contributed by atoms with Gasteiger partial charge < -0.3 is 14.1 Å².